The van der Waals surface area contributed by atoms with Gasteiger partial charge in [-0.25, -0.2) is 13.2 Å². The summed E-state index contributed by atoms with van der Waals surface area (Å²) in [7, 11) is -2.98. The van der Waals surface area contributed by atoms with Crippen molar-refractivity contribution >= 4 is 15.8 Å². The van der Waals surface area contributed by atoms with Crippen molar-refractivity contribution in [2.24, 2.45) is 5.92 Å². The van der Waals surface area contributed by atoms with E-state index in [0.29, 0.717) is 0 Å². The fourth-order valence-electron chi connectivity index (χ4n) is 1.43. The van der Waals surface area contributed by atoms with Crippen LogP contribution in [-0.4, -0.2) is 42.2 Å². The molecule has 1 heterocycles. The Bertz CT molecular complexity index is 280. The van der Waals surface area contributed by atoms with Gasteiger partial charge in [0.25, 0.3) is 0 Å². The van der Waals surface area contributed by atoms with E-state index >= 15 is 0 Å². The second-order valence-electron chi connectivity index (χ2n) is 3.27. The third kappa shape index (κ3) is 2.67. The summed E-state index contributed by atoms with van der Waals surface area (Å²) in [5, 5.41) is 17.6. The van der Waals surface area contributed by atoms with Gasteiger partial charge in [-0.2, -0.15) is 0 Å². The minimum absolute atomic E-state index is 0.0119. The molecule has 6 heteroatoms. The summed E-state index contributed by atoms with van der Waals surface area (Å²) in [5.74, 6) is -1.71. The molecular formula is C7H12O5S. The lowest BCUT2D eigenvalue weighted by atomic mass is 9.96. The van der Waals surface area contributed by atoms with Crippen molar-refractivity contribution in [3.63, 3.8) is 0 Å². The van der Waals surface area contributed by atoms with Crippen molar-refractivity contribution in [3.8, 4) is 0 Å². The average Bonchev–Trinajstić information content (AvgIpc) is 2.03. The highest BCUT2D eigenvalue weighted by Gasteiger charge is 2.31. The molecule has 5 nitrogen and oxygen atoms in total. The predicted molar refractivity (Wildman–Crippen MR) is 45.0 cm³/mol. The fraction of sp³-hybridized carbons (Fsp3) is 0.857. The van der Waals surface area contributed by atoms with Crippen LogP contribution < -0.4 is 0 Å². The molecular weight excluding hydrogens is 196 g/mol. The Hall–Kier alpha value is -0.620. The Kier molecular flexibility index (Phi) is 2.92. The molecule has 0 radical (unpaired) electrons. The lowest BCUT2D eigenvalue weighted by Crippen LogP contribution is -2.35. The van der Waals surface area contributed by atoms with E-state index in [1.54, 1.807) is 0 Å². The Morgan fingerprint density at radius 2 is 1.77 bits per heavy atom. The van der Waals surface area contributed by atoms with Crippen molar-refractivity contribution in [2.75, 3.05) is 11.5 Å². The fourth-order valence-corrected chi connectivity index (χ4v) is 2.95. The molecule has 0 aromatic carbocycles. The molecule has 76 valence electrons. The number of rotatable bonds is 2. The number of aliphatic carboxylic acids is 1. The first-order valence-electron chi connectivity index (χ1n) is 4.04. The van der Waals surface area contributed by atoms with Crippen molar-refractivity contribution in [3.05, 3.63) is 0 Å². The van der Waals surface area contributed by atoms with Crippen LogP contribution in [0.15, 0.2) is 0 Å². The van der Waals surface area contributed by atoms with Gasteiger partial charge in [0.05, 0.1) is 11.5 Å². The van der Waals surface area contributed by atoms with E-state index in [1.807, 2.05) is 0 Å². The molecule has 0 aromatic heterocycles. The number of sulfone groups is 1. The number of carboxylic acids is 1. The van der Waals surface area contributed by atoms with Crippen molar-refractivity contribution < 1.29 is 23.4 Å². The maximum atomic E-state index is 11.0. The summed E-state index contributed by atoms with van der Waals surface area (Å²) < 4.78 is 21.9. The van der Waals surface area contributed by atoms with E-state index in [4.69, 9.17) is 10.2 Å². The van der Waals surface area contributed by atoms with Gasteiger partial charge in [0.2, 0.25) is 0 Å². The maximum Gasteiger partial charge on any atom is 0.332 e. The summed E-state index contributed by atoms with van der Waals surface area (Å²) >= 11 is 0. The first-order chi connectivity index (χ1) is 5.92. The topological polar surface area (TPSA) is 91.7 Å². The highest BCUT2D eigenvalue weighted by molar-refractivity contribution is 7.91. The zero-order valence-corrected chi connectivity index (χ0v) is 7.83. The van der Waals surface area contributed by atoms with Gasteiger partial charge in [0, 0.05) is 0 Å². The zero-order valence-electron chi connectivity index (χ0n) is 7.01. The third-order valence-corrected chi connectivity index (χ3v) is 4.01. The highest BCUT2D eigenvalue weighted by Crippen LogP contribution is 2.22. The zero-order chi connectivity index (χ0) is 10.1. The molecule has 0 aliphatic carbocycles. The van der Waals surface area contributed by atoms with E-state index in [-0.39, 0.29) is 24.3 Å². The Morgan fingerprint density at radius 3 is 2.15 bits per heavy atom. The molecule has 1 aliphatic rings. The minimum atomic E-state index is -2.98. The van der Waals surface area contributed by atoms with Crippen LogP contribution in [0.3, 0.4) is 0 Å². The van der Waals surface area contributed by atoms with Crippen LogP contribution in [0.4, 0.5) is 0 Å². The van der Waals surface area contributed by atoms with Crippen LogP contribution >= 0.6 is 0 Å². The molecule has 0 unspecified atom stereocenters. The summed E-state index contributed by atoms with van der Waals surface area (Å²) in [6.45, 7) is 0. The van der Waals surface area contributed by atoms with Gasteiger partial charge in [0.15, 0.2) is 6.10 Å². The van der Waals surface area contributed by atoms with E-state index in [0.717, 1.165) is 0 Å². The number of hydrogen-bond donors (Lipinski definition) is 2. The summed E-state index contributed by atoms with van der Waals surface area (Å²) in [5.41, 5.74) is 0. The SMILES string of the molecule is O=C(O)[C@H](O)C1CCS(=O)(=O)CC1. The molecule has 1 atom stereocenters. The van der Waals surface area contributed by atoms with Crippen molar-refractivity contribution in [1.82, 2.24) is 0 Å². The molecule has 2 N–H and O–H groups in total. The molecule has 1 fully saturated rings. The molecule has 0 bridgehead atoms. The normalized spacial score (nSPS) is 25.3. The number of hydrogen-bond acceptors (Lipinski definition) is 4. The Labute approximate surface area is 76.3 Å². The highest BCUT2D eigenvalue weighted by atomic mass is 32.2. The van der Waals surface area contributed by atoms with Crippen LogP contribution in [0.2, 0.25) is 0 Å². The van der Waals surface area contributed by atoms with Gasteiger partial charge in [-0.3, -0.25) is 0 Å². The second kappa shape index (κ2) is 3.63. The van der Waals surface area contributed by atoms with Gasteiger partial charge in [-0.15, -0.1) is 0 Å². The summed E-state index contributed by atoms with van der Waals surface area (Å²) in [6, 6.07) is 0. The van der Waals surface area contributed by atoms with E-state index < -0.39 is 27.8 Å². The number of aliphatic hydroxyl groups is 1. The lowest BCUT2D eigenvalue weighted by Gasteiger charge is -2.23. The lowest BCUT2D eigenvalue weighted by molar-refractivity contribution is -0.149. The third-order valence-electron chi connectivity index (χ3n) is 2.30. The van der Waals surface area contributed by atoms with E-state index in [9.17, 15) is 13.2 Å². The molecule has 0 amide bonds. The quantitative estimate of drug-likeness (QED) is 0.623. The number of aliphatic hydroxyl groups excluding tert-OH is 1. The van der Waals surface area contributed by atoms with Crippen molar-refractivity contribution in [1.29, 1.82) is 0 Å². The van der Waals surface area contributed by atoms with Gasteiger partial charge < -0.3 is 10.2 Å². The smallest absolute Gasteiger partial charge is 0.332 e. The number of carbonyl (C=O) groups is 1. The minimum Gasteiger partial charge on any atom is -0.479 e. The molecule has 0 spiro atoms. The average molecular weight is 208 g/mol. The Balaban J connectivity index is 2.55. The monoisotopic (exact) mass is 208 g/mol. The van der Waals surface area contributed by atoms with Crippen LogP contribution in [0, 0.1) is 5.92 Å². The van der Waals surface area contributed by atoms with Crippen LogP contribution in [-0.2, 0) is 14.6 Å². The second-order valence-corrected chi connectivity index (χ2v) is 5.58. The number of carboxylic acid groups (broad SMARTS) is 1. The van der Waals surface area contributed by atoms with Crippen LogP contribution in [0.25, 0.3) is 0 Å². The standard InChI is InChI=1S/C7H12O5S/c8-6(7(9)10)5-1-3-13(11,12)4-2-5/h5-6,8H,1-4H2,(H,9,10)/t6-/m1/s1. The molecule has 0 aromatic rings. The molecule has 1 aliphatic heterocycles. The van der Waals surface area contributed by atoms with Crippen molar-refractivity contribution in [2.45, 2.75) is 18.9 Å². The first kappa shape index (κ1) is 10.5. The van der Waals surface area contributed by atoms with Gasteiger partial charge in [0.1, 0.15) is 9.84 Å². The molecule has 1 saturated heterocycles. The van der Waals surface area contributed by atoms with E-state index in [2.05, 4.69) is 0 Å². The maximum absolute atomic E-state index is 11.0. The predicted octanol–water partition coefficient (Wildman–Crippen LogP) is -0.743. The summed E-state index contributed by atoms with van der Waals surface area (Å²) in [6.07, 6.45) is -0.929. The molecule has 13 heavy (non-hydrogen) atoms. The Morgan fingerprint density at radius 1 is 1.31 bits per heavy atom. The molecule has 1 rings (SSSR count). The van der Waals surface area contributed by atoms with Gasteiger partial charge in [-0.05, 0) is 18.8 Å². The largest absolute Gasteiger partial charge is 0.479 e. The first-order valence-corrected chi connectivity index (χ1v) is 5.86. The van der Waals surface area contributed by atoms with Gasteiger partial charge >= 0.3 is 5.97 Å². The van der Waals surface area contributed by atoms with Crippen LogP contribution in [0.1, 0.15) is 12.8 Å². The van der Waals surface area contributed by atoms with Crippen LogP contribution in [0.5, 0.6) is 0 Å². The van der Waals surface area contributed by atoms with Gasteiger partial charge in [-0.1, -0.05) is 0 Å². The summed E-state index contributed by atoms with van der Waals surface area (Å²) in [4.78, 5) is 10.4. The molecule has 0 saturated carbocycles. The van der Waals surface area contributed by atoms with E-state index in [1.165, 1.54) is 0 Å².